The summed E-state index contributed by atoms with van der Waals surface area (Å²) in [6.07, 6.45) is 1.58. The lowest BCUT2D eigenvalue weighted by Crippen LogP contribution is -2.14. The van der Waals surface area contributed by atoms with Gasteiger partial charge in [0.15, 0.2) is 0 Å². The number of benzene rings is 2. The van der Waals surface area contributed by atoms with Crippen LogP contribution < -0.4 is 10.1 Å². The average molecular weight is 292 g/mol. The molecule has 1 amide bonds. The smallest absolute Gasteiger partial charge is 0.266 e. The third kappa shape index (κ3) is 3.53. The minimum atomic E-state index is -0.463. The summed E-state index contributed by atoms with van der Waals surface area (Å²) in [6.45, 7) is 1.93. The molecular formula is C18H16N2O2. The molecule has 0 aliphatic heterocycles. The lowest BCUT2D eigenvalue weighted by Gasteiger charge is -2.09. The zero-order chi connectivity index (χ0) is 15.9. The van der Waals surface area contributed by atoms with Crippen LogP contribution in [0.15, 0.2) is 54.1 Å². The van der Waals surface area contributed by atoms with E-state index in [0.29, 0.717) is 11.4 Å². The molecule has 0 aromatic heterocycles. The van der Waals surface area contributed by atoms with E-state index in [-0.39, 0.29) is 5.57 Å². The van der Waals surface area contributed by atoms with Crippen LogP contribution in [0.25, 0.3) is 6.08 Å². The van der Waals surface area contributed by atoms with Crippen molar-refractivity contribution in [3.63, 3.8) is 0 Å². The van der Waals surface area contributed by atoms with E-state index in [1.54, 1.807) is 24.3 Å². The monoisotopic (exact) mass is 292 g/mol. The van der Waals surface area contributed by atoms with Crippen LogP contribution in [0.2, 0.25) is 0 Å². The molecule has 2 aromatic carbocycles. The fourth-order valence-electron chi connectivity index (χ4n) is 1.99. The second-order valence-corrected chi connectivity index (χ2v) is 4.68. The van der Waals surface area contributed by atoms with Gasteiger partial charge in [-0.25, -0.2) is 0 Å². The quantitative estimate of drug-likeness (QED) is 0.692. The maximum absolute atomic E-state index is 12.3. The fourth-order valence-corrected chi connectivity index (χ4v) is 1.99. The molecule has 0 saturated carbocycles. The lowest BCUT2D eigenvalue weighted by molar-refractivity contribution is -0.112. The van der Waals surface area contributed by atoms with Crippen LogP contribution in [0.1, 0.15) is 11.1 Å². The summed E-state index contributed by atoms with van der Waals surface area (Å²) in [5.41, 5.74) is 2.41. The number of methoxy groups -OCH3 is 1. The first-order valence-electron chi connectivity index (χ1n) is 6.77. The SMILES string of the molecule is COc1ccccc1NC(=O)/C(C#N)=C/c1ccccc1C. The topological polar surface area (TPSA) is 62.1 Å². The van der Waals surface area contributed by atoms with Gasteiger partial charge in [-0.15, -0.1) is 0 Å². The molecule has 0 bridgehead atoms. The second-order valence-electron chi connectivity index (χ2n) is 4.68. The van der Waals surface area contributed by atoms with Crippen LogP contribution in [-0.2, 0) is 4.79 Å². The van der Waals surface area contributed by atoms with Gasteiger partial charge in [0.05, 0.1) is 12.8 Å². The molecular weight excluding hydrogens is 276 g/mol. The summed E-state index contributed by atoms with van der Waals surface area (Å²) in [6, 6.07) is 16.6. The second kappa shape index (κ2) is 7.09. The van der Waals surface area contributed by atoms with Crippen LogP contribution in [-0.4, -0.2) is 13.0 Å². The van der Waals surface area contributed by atoms with Crippen molar-refractivity contribution in [3.05, 3.63) is 65.2 Å². The van der Waals surface area contributed by atoms with Crippen molar-refractivity contribution in [2.75, 3.05) is 12.4 Å². The zero-order valence-electron chi connectivity index (χ0n) is 12.5. The van der Waals surface area contributed by atoms with E-state index in [1.807, 2.05) is 43.3 Å². The summed E-state index contributed by atoms with van der Waals surface area (Å²) in [7, 11) is 1.53. The molecule has 0 unspecified atom stereocenters. The number of anilines is 1. The van der Waals surface area contributed by atoms with Crippen LogP contribution >= 0.6 is 0 Å². The number of nitrogens with zero attached hydrogens (tertiary/aromatic N) is 1. The van der Waals surface area contributed by atoms with Crippen LogP contribution in [0.4, 0.5) is 5.69 Å². The summed E-state index contributed by atoms with van der Waals surface area (Å²) in [5.74, 6) is 0.0827. The predicted molar refractivity (Wildman–Crippen MR) is 86.4 cm³/mol. The molecule has 2 aromatic rings. The van der Waals surface area contributed by atoms with Crippen molar-refractivity contribution >= 4 is 17.7 Å². The molecule has 110 valence electrons. The fraction of sp³-hybridized carbons (Fsp3) is 0.111. The van der Waals surface area contributed by atoms with Crippen molar-refractivity contribution in [3.8, 4) is 11.8 Å². The predicted octanol–water partition coefficient (Wildman–Crippen LogP) is 3.55. The molecule has 4 nitrogen and oxygen atoms in total. The Kier molecular flexibility index (Phi) is 4.94. The summed E-state index contributed by atoms with van der Waals surface area (Å²) in [5, 5.41) is 11.9. The zero-order valence-corrected chi connectivity index (χ0v) is 12.5. The Bertz CT molecular complexity index is 758. The highest BCUT2D eigenvalue weighted by Crippen LogP contribution is 2.23. The van der Waals surface area contributed by atoms with E-state index in [9.17, 15) is 10.1 Å². The Morgan fingerprint density at radius 3 is 2.55 bits per heavy atom. The van der Waals surface area contributed by atoms with E-state index in [2.05, 4.69) is 5.32 Å². The normalized spacial score (nSPS) is 10.7. The van der Waals surface area contributed by atoms with E-state index in [1.165, 1.54) is 7.11 Å². The summed E-state index contributed by atoms with van der Waals surface area (Å²) in [4.78, 5) is 12.3. The standard InChI is InChI=1S/C18H16N2O2/c1-13-7-3-4-8-14(13)11-15(12-19)18(21)20-16-9-5-6-10-17(16)22-2/h3-11H,1-2H3,(H,20,21)/b15-11+. The first kappa shape index (κ1) is 15.3. The molecule has 22 heavy (non-hydrogen) atoms. The van der Waals surface area contributed by atoms with Gasteiger partial charge in [0.25, 0.3) is 5.91 Å². The molecule has 0 fully saturated rings. The molecule has 0 spiro atoms. The summed E-state index contributed by atoms with van der Waals surface area (Å²) >= 11 is 0. The molecule has 4 heteroatoms. The Balaban J connectivity index is 2.27. The number of nitriles is 1. The van der Waals surface area contributed by atoms with Gasteiger partial charge in [0.1, 0.15) is 17.4 Å². The largest absolute Gasteiger partial charge is 0.495 e. The van der Waals surface area contributed by atoms with Crippen LogP contribution in [0.5, 0.6) is 5.75 Å². The maximum Gasteiger partial charge on any atom is 0.266 e. The number of para-hydroxylation sites is 2. The molecule has 0 aliphatic rings. The Hall–Kier alpha value is -3.06. The number of hydrogen-bond acceptors (Lipinski definition) is 3. The Labute approximate surface area is 129 Å². The van der Waals surface area contributed by atoms with Crippen molar-refractivity contribution in [2.24, 2.45) is 0 Å². The highest BCUT2D eigenvalue weighted by Gasteiger charge is 2.12. The number of amides is 1. The molecule has 0 heterocycles. The average Bonchev–Trinajstić information content (AvgIpc) is 2.54. The van der Waals surface area contributed by atoms with Gasteiger partial charge in [-0.3, -0.25) is 4.79 Å². The number of rotatable bonds is 4. The van der Waals surface area contributed by atoms with Gasteiger partial charge in [-0.1, -0.05) is 36.4 Å². The first-order valence-corrected chi connectivity index (χ1v) is 6.77. The summed E-state index contributed by atoms with van der Waals surface area (Å²) < 4.78 is 5.18. The van der Waals surface area contributed by atoms with Gasteiger partial charge in [-0.2, -0.15) is 5.26 Å². The van der Waals surface area contributed by atoms with Crippen LogP contribution in [0, 0.1) is 18.3 Å². The van der Waals surface area contributed by atoms with Crippen molar-refractivity contribution < 1.29 is 9.53 Å². The van der Waals surface area contributed by atoms with Crippen molar-refractivity contribution in [1.29, 1.82) is 5.26 Å². The molecule has 2 rings (SSSR count). The van der Waals surface area contributed by atoms with E-state index < -0.39 is 5.91 Å². The molecule has 0 radical (unpaired) electrons. The minimum absolute atomic E-state index is 0.0419. The Morgan fingerprint density at radius 1 is 1.18 bits per heavy atom. The third-order valence-electron chi connectivity index (χ3n) is 3.21. The van der Waals surface area contributed by atoms with Gasteiger partial charge >= 0.3 is 0 Å². The van der Waals surface area contributed by atoms with Gasteiger partial charge in [0, 0.05) is 0 Å². The first-order chi connectivity index (χ1) is 10.7. The minimum Gasteiger partial charge on any atom is -0.495 e. The van der Waals surface area contributed by atoms with Crippen molar-refractivity contribution in [2.45, 2.75) is 6.92 Å². The van der Waals surface area contributed by atoms with Gasteiger partial charge in [0.2, 0.25) is 0 Å². The highest BCUT2D eigenvalue weighted by atomic mass is 16.5. The van der Waals surface area contributed by atoms with Crippen molar-refractivity contribution in [1.82, 2.24) is 0 Å². The highest BCUT2D eigenvalue weighted by molar-refractivity contribution is 6.10. The number of carbonyl (C=O) groups excluding carboxylic acids is 1. The van der Waals surface area contributed by atoms with E-state index in [4.69, 9.17) is 4.74 Å². The third-order valence-corrected chi connectivity index (χ3v) is 3.21. The van der Waals surface area contributed by atoms with E-state index in [0.717, 1.165) is 11.1 Å². The molecule has 0 aliphatic carbocycles. The molecule has 1 N–H and O–H groups in total. The number of ether oxygens (including phenoxy) is 1. The van der Waals surface area contributed by atoms with Gasteiger partial charge < -0.3 is 10.1 Å². The number of aryl methyl sites for hydroxylation is 1. The molecule has 0 atom stereocenters. The van der Waals surface area contributed by atoms with Crippen LogP contribution in [0.3, 0.4) is 0 Å². The van der Waals surface area contributed by atoms with E-state index >= 15 is 0 Å². The van der Waals surface area contributed by atoms with Gasteiger partial charge in [-0.05, 0) is 36.3 Å². The Morgan fingerprint density at radius 2 is 1.86 bits per heavy atom. The number of carbonyl (C=O) groups is 1. The number of hydrogen-bond donors (Lipinski definition) is 1. The maximum atomic E-state index is 12.3. The molecule has 0 saturated heterocycles. The lowest BCUT2D eigenvalue weighted by atomic mass is 10.1. The number of nitrogens with one attached hydrogen (secondary N) is 1.